The van der Waals surface area contributed by atoms with Crippen LogP contribution in [0, 0.1) is 25.2 Å². The van der Waals surface area contributed by atoms with Gasteiger partial charge in [-0.3, -0.25) is 14.6 Å². The summed E-state index contributed by atoms with van der Waals surface area (Å²) < 4.78 is 5.15. The molecule has 1 heterocycles. The van der Waals surface area contributed by atoms with Crippen molar-refractivity contribution in [1.82, 2.24) is 15.3 Å². The molecule has 1 aromatic heterocycles. The number of esters is 1. The fraction of sp³-hybridized carbons (Fsp3) is 0.364. The molecule has 0 spiro atoms. The number of ketones is 1. The lowest BCUT2D eigenvalue weighted by molar-refractivity contribution is -0.144. The van der Waals surface area contributed by atoms with Crippen LogP contribution in [0.25, 0.3) is 0 Å². The lowest BCUT2D eigenvalue weighted by Crippen LogP contribution is -2.42. The predicted octanol–water partition coefficient (Wildman–Crippen LogP) is 2.63. The molecule has 0 radical (unpaired) electrons. The van der Waals surface area contributed by atoms with Crippen molar-refractivity contribution in [3.8, 4) is 12.3 Å². The third-order valence-corrected chi connectivity index (χ3v) is 5.13. The summed E-state index contributed by atoms with van der Waals surface area (Å²) >= 11 is 1.67. The van der Waals surface area contributed by atoms with Crippen LogP contribution in [0.5, 0.6) is 0 Å². The Labute approximate surface area is 181 Å². The monoisotopic (exact) mass is 426 g/mol. The quantitative estimate of drug-likeness (QED) is 0.109. The van der Waals surface area contributed by atoms with E-state index in [4.69, 9.17) is 11.2 Å². The molecular weight excluding hydrogens is 400 g/mol. The van der Waals surface area contributed by atoms with Gasteiger partial charge in [0, 0.05) is 22.8 Å². The normalized spacial score (nSPS) is 12.1. The van der Waals surface area contributed by atoms with Crippen molar-refractivity contribution in [1.29, 1.82) is 0 Å². The lowest BCUT2D eigenvalue weighted by atomic mass is 9.96. The van der Waals surface area contributed by atoms with Crippen molar-refractivity contribution in [3.05, 3.63) is 53.6 Å². The SMILES string of the molecule is C#CCNC(=NCCSCc1nc[nH]c1C)C(C(=O)OCC)C(=O)c1ccccc1. The Hall–Kier alpha value is -3.05. The van der Waals surface area contributed by atoms with E-state index in [-0.39, 0.29) is 24.8 Å². The van der Waals surface area contributed by atoms with Crippen molar-refractivity contribution in [2.75, 3.05) is 25.4 Å². The summed E-state index contributed by atoms with van der Waals surface area (Å²) in [5.41, 5.74) is 2.45. The second kappa shape index (κ2) is 12.5. The highest BCUT2D eigenvalue weighted by atomic mass is 32.2. The first kappa shape index (κ1) is 23.2. The number of aliphatic imine (C=N–C) groups is 1. The fourth-order valence-electron chi connectivity index (χ4n) is 2.66. The maximum Gasteiger partial charge on any atom is 0.324 e. The number of aromatic nitrogens is 2. The average molecular weight is 427 g/mol. The number of benzene rings is 1. The summed E-state index contributed by atoms with van der Waals surface area (Å²) in [5.74, 6) is 1.94. The van der Waals surface area contributed by atoms with Crippen LogP contribution in [-0.4, -0.2) is 53.0 Å². The number of nitrogens with one attached hydrogen (secondary N) is 2. The van der Waals surface area contributed by atoms with Crippen LogP contribution in [0.15, 0.2) is 41.7 Å². The molecule has 0 saturated heterocycles. The number of hydrogen-bond acceptors (Lipinski definition) is 6. The van der Waals surface area contributed by atoms with Gasteiger partial charge in [0.2, 0.25) is 0 Å². The number of nitrogens with zero attached hydrogens (tertiary/aromatic N) is 2. The number of carbonyl (C=O) groups excluding carboxylic acids is 2. The molecule has 0 bridgehead atoms. The van der Waals surface area contributed by atoms with Crippen molar-refractivity contribution in [3.63, 3.8) is 0 Å². The number of aromatic amines is 1. The van der Waals surface area contributed by atoms with E-state index in [0.29, 0.717) is 17.9 Å². The van der Waals surface area contributed by atoms with Gasteiger partial charge < -0.3 is 15.0 Å². The van der Waals surface area contributed by atoms with E-state index in [2.05, 4.69) is 26.2 Å². The molecule has 0 amide bonds. The van der Waals surface area contributed by atoms with Crippen LogP contribution < -0.4 is 5.32 Å². The summed E-state index contributed by atoms with van der Waals surface area (Å²) in [5, 5.41) is 2.94. The zero-order valence-electron chi connectivity index (χ0n) is 17.2. The number of amidine groups is 1. The maximum atomic E-state index is 13.1. The summed E-state index contributed by atoms with van der Waals surface area (Å²) in [7, 11) is 0. The molecule has 0 saturated carbocycles. The molecule has 0 aliphatic heterocycles. The van der Waals surface area contributed by atoms with E-state index >= 15 is 0 Å². The number of ether oxygens (including phenoxy) is 1. The second-order valence-corrected chi connectivity index (χ2v) is 7.37. The first-order valence-corrected chi connectivity index (χ1v) is 10.8. The minimum atomic E-state index is -1.18. The molecule has 0 aliphatic rings. The Morgan fingerprint density at radius 1 is 1.37 bits per heavy atom. The molecule has 158 valence electrons. The Kier molecular flexibility index (Phi) is 9.68. The molecule has 0 fully saturated rings. The van der Waals surface area contributed by atoms with E-state index in [0.717, 1.165) is 17.1 Å². The standard InChI is InChI=1S/C22H26N4O3S/c1-4-11-23-21(24-12-13-30-14-18-16(3)25-15-26-18)19(22(28)29-5-2)20(27)17-9-7-6-8-10-17/h1,6-10,15,19H,5,11-14H2,2-3H3,(H,23,24)(H,25,26). The fourth-order valence-corrected chi connectivity index (χ4v) is 3.51. The maximum absolute atomic E-state index is 13.1. The number of aryl methyl sites for hydroxylation is 1. The summed E-state index contributed by atoms with van der Waals surface area (Å²) in [6.45, 7) is 4.40. The number of hydrogen-bond donors (Lipinski definition) is 2. The molecule has 8 heteroatoms. The van der Waals surface area contributed by atoms with Crippen LogP contribution >= 0.6 is 11.8 Å². The summed E-state index contributed by atoms with van der Waals surface area (Å²) in [6, 6.07) is 8.62. The highest BCUT2D eigenvalue weighted by molar-refractivity contribution is 7.98. The minimum Gasteiger partial charge on any atom is -0.465 e. The highest BCUT2D eigenvalue weighted by Gasteiger charge is 2.34. The molecule has 1 unspecified atom stereocenters. The number of carbonyl (C=O) groups is 2. The Bertz CT molecular complexity index is 903. The van der Waals surface area contributed by atoms with Gasteiger partial charge in [-0.15, -0.1) is 6.42 Å². The molecule has 0 aliphatic carbocycles. The van der Waals surface area contributed by atoms with Gasteiger partial charge in [-0.25, -0.2) is 4.98 Å². The Balaban J connectivity index is 2.14. The molecule has 2 rings (SSSR count). The first-order valence-electron chi connectivity index (χ1n) is 9.62. The Morgan fingerprint density at radius 3 is 2.77 bits per heavy atom. The Morgan fingerprint density at radius 2 is 2.13 bits per heavy atom. The molecule has 30 heavy (non-hydrogen) atoms. The molecule has 2 N–H and O–H groups in total. The summed E-state index contributed by atoms with van der Waals surface area (Å²) in [6.07, 6.45) is 7.03. The predicted molar refractivity (Wildman–Crippen MR) is 120 cm³/mol. The van der Waals surface area contributed by atoms with Crippen molar-refractivity contribution in [2.45, 2.75) is 19.6 Å². The smallest absolute Gasteiger partial charge is 0.324 e. The zero-order valence-corrected chi connectivity index (χ0v) is 18.0. The van der Waals surface area contributed by atoms with Gasteiger partial charge in [-0.1, -0.05) is 36.3 Å². The second-order valence-electron chi connectivity index (χ2n) is 6.27. The first-order chi connectivity index (χ1) is 14.6. The van der Waals surface area contributed by atoms with Crippen molar-refractivity contribution < 1.29 is 14.3 Å². The highest BCUT2D eigenvalue weighted by Crippen LogP contribution is 2.15. The number of imidazole rings is 1. The van der Waals surface area contributed by atoms with Crippen LogP contribution in [0.1, 0.15) is 28.7 Å². The largest absolute Gasteiger partial charge is 0.465 e. The third kappa shape index (κ3) is 6.78. The van der Waals surface area contributed by atoms with Crippen LogP contribution in [0.2, 0.25) is 0 Å². The van der Waals surface area contributed by atoms with Gasteiger partial charge in [-0.2, -0.15) is 11.8 Å². The van der Waals surface area contributed by atoms with E-state index in [9.17, 15) is 9.59 Å². The number of thioether (sulfide) groups is 1. The molecule has 1 atom stereocenters. The number of terminal acetylenes is 1. The zero-order chi connectivity index (χ0) is 21.8. The third-order valence-electron chi connectivity index (χ3n) is 4.18. The number of rotatable bonds is 11. The average Bonchev–Trinajstić information content (AvgIpc) is 3.16. The molecule has 7 nitrogen and oxygen atoms in total. The van der Waals surface area contributed by atoms with E-state index in [1.54, 1.807) is 55.3 Å². The summed E-state index contributed by atoms with van der Waals surface area (Å²) in [4.78, 5) is 37.5. The van der Waals surface area contributed by atoms with E-state index in [1.807, 2.05) is 6.92 Å². The van der Waals surface area contributed by atoms with E-state index < -0.39 is 11.9 Å². The lowest BCUT2D eigenvalue weighted by Gasteiger charge is -2.18. The number of Topliss-reactive ketones (excluding diaryl/α,β-unsaturated/α-hetero) is 1. The van der Waals surface area contributed by atoms with Gasteiger partial charge in [0.1, 0.15) is 5.84 Å². The van der Waals surface area contributed by atoms with E-state index in [1.165, 1.54) is 0 Å². The van der Waals surface area contributed by atoms with Gasteiger partial charge in [-0.05, 0) is 13.8 Å². The molecule has 1 aromatic carbocycles. The van der Waals surface area contributed by atoms with Gasteiger partial charge in [0.15, 0.2) is 11.7 Å². The molecule has 2 aromatic rings. The minimum absolute atomic E-state index is 0.149. The van der Waals surface area contributed by atoms with Gasteiger partial charge in [0.05, 0.1) is 31.7 Å². The molecular formula is C22H26N4O3S. The van der Waals surface area contributed by atoms with Crippen LogP contribution in [0.3, 0.4) is 0 Å². The van der Waals surface area contributed by atoms with Crippen molar-refractivity contribution in [2.24, 2.45) is 10.9 Å². The van der Waals surface area contributed by atoms with Crippen LogP contribution in [-0.2, 0) is 15.3 Å². The number of H-pyrrole nitrogens is 1. The van der Waals surface area contributed by atoms with Gasteiger partial charge >= 0.3 is 5.97 Å². The van der Waals surface area contributed by atoms with Crippen LogP contribution in [0.4, 0.5) is 0 Å². The van der Waals surface area contributed by atoms with Crippen molar-refractivity contribution >= 4 is 29.4 Å². The van der Waals surface area contributed by atoms with Gasteiger partial charge in [0.25, 0.3) is 0 Å². The topological polar surface area (TPSA) is 96.4 Å².